The van der Waals surface area contributed by atoms with Crippen LogP contribution < -0.4 is 15.8 Å². The number of hydrogen-bond acceptors (Lipinski definition) is 4. The Morgan fingerprint density at radius 1 is 1.46 bits per heavy atom. The summed E-state index contributed by atoms with van der Waals surface area (Å²) in [6.45, 7) is 11.9. The van der Waals surface area contributed by atoms with Crippen molar-refractivity contribution >= 4 is 5.96 Å². The van der Waals surface area contributed by atoms with Gasteiger partial charge in [-0.1, -0.05) is 13.0 Å². The second-order valence-electron chi connectivity index (χ2n) is 7.23. The summed E-state index contributed by atoms with van der Waals surface area (Å²) in [5.41, 5.74) is 6.74. The Bertz CT molecular complexity index is 535. The lowest BCUT2D eigenvalue weighted by atomic mass is 10.2. The van der Waals surface area contributed by atoms with E-state index >= 15 is 0 Å². The van der Waals surface area contributed by atoms with Gasteiger partial charge in [0, 0.05) is 24.8 Å². The second-order valence-corrected chi connectivity index (χ2v) is 7.23. The monoisotopic (exact) mass is 333 g/mol. The highest BCUT2D eigenvalue weighted by molar-refractivity contribution is 5.77. The maximum Gasteiger partial charge on any atom is 0.213 e. The Labute approximate surface area is 145 Å². The second kappa shape index (κ2) is 8.33. The fourth-order valence-corrected chi connectivity index (χ4v) is 2.88. The van der Waals surface area contributed by atoms with Gasteiger partial charge in [0.15, 0.2) is 5.96 Å². The zero-order chi connectivity index (χ0) is 17.6. The molecule has 6 nitrogen and oxygen atoms in total. The predicted molar refractivity (Wildman–Crippen MR) is 98.2 cm³/mol. The van der Waals surface area contributed by atoms with Crippen LogP contribution in [0.5, 0.6) is 5.88 Å². The molecule has 1 aliphatic heterocycles. The molecule has 0 aliphatic carbocycles. The SMILES string of the molecule is CCN1CCCC1CNC(N)=NCc1ccc(OC(C)(C)C)nc1. The Kier molecular flexibility index (Phi) is 6.43. The third-order valence-corrected chi connectivity index (χ3v) is 4.06. The number of nitrogens with one attached hydrogen (secondary N) is 1. The Balaban J connectivity index is 1.79. The molecule has 134 valence electrons. The van der Waals surface area contributed by atoms with Gasteiger partial charge in [-0.15, -0.1) is 0 Å². The predicted octanol–water partition coefficient (Wildman–Crippen LogP) is 2.15. The first kappa shape index (κ1) is 18.5. The lowest BCUT2D eigenvalue weighted by Crippen LogP contribution is -2.42. The van der Waals surface area contributed by atoms with Crippen molar-refractivity contribution in [1.82, 2.24) is 15.2 Å². The molecule has 0 aromatic carbocycles. The molecule has 0 bridgehead atoms. The molecule has 1 aliphatic rings. The lowest BCUT2D eigenvalue weighted by Gasteiger charge is -2.23. The van der Waals surface area contributed by atoms with Crippen LogP contribution in [0.3, 0.4) is 0 Å². The van der Waals surface area contributed by atoms with Crippen molar-refractivity contribution in [1.29, 1.82) is 0 Å². The van der Waals surface area contributed by atoms with Gasteiger partial charge in [0.05, 0.1) is 6.54 Å². The summed E-state index contributed by atoms with van der Waals surface area (Å²) in [6.07, 6.45) is 4.28. The fourth-order valence-electron chi connectivity index (χ4n) is 2.88. The van der Waals surface area contributed by atoms with Gasteiger partial charge in [0.2, 0.25) is 5.88 Å². The molecule has 1 fully saturated rings. The number of nitrogens with two attached hydrogens (primary N) is 1. The van der Waals surface area contributed by atoms with Crippen LogP contribution in [0, 0.1) is 0 Å². The Morgan fingerprint density at radius 2 is 2.25 bits per heavy atom. The van der Waals surface area contributed by atoms with E-state index in [1.807, 2.05) is 32.9 Å². The quantitative estimate of drug-likeness (QED) is 0.616. The number of likely N-dealkylation sites (tertiary alicyclic amines) is 1. The molecule has 1 aromatic rings. The van der Waals surface area contributed by atoms with E-state index in [1.54, 1.807) is 6.20 Å². The summed E-state index contributed by atoms with van der Waals surface area (Å²) in [5, 5.41) is 3.24. The van der Waals surface area contributed by atoms with Crippen LogP contribution in [0.25, 0.3) is 0 Å². The smallest absolute Gasteiger partial charge is 0.213 e. The number of guanidine groups is 1. The molecule has 0 saturated carbocycles. The first-order valence-corrected chi connectivity index (χ1v) is 8.79. The highest BCUT2D eigenvalue weighted by Gasteiger charge is 2.22. The summed E-state index contributed by atoms with van der Waals surface area (Å²) in [6, 6.07) is 4.41. The average molecular weight is 333 g/mol. The van der Waals surface area contributed by atoms with E-state index in [-0.39, 0.29) is 5.60 Å². The minimum atomic E-state index is -0.242. The van der Waals surface area contributed by atoms with Crippen LogP contribution in [-0.2, 0) is 6.54 Å². The summed E-state index contributed by atoms with van der Waals surface area (Å²) >= 11 is 0. The minimum Gasteiger partial charge on any atom is -0.472 e. The third-order valence-electron chi connectivity index (χ3n) is 4.06. The van der Waals surface area contributed by atoms with Crippen LogP contribution in [-0.4, -0.2) is 47.1 Å². The van der Waals surface area contributed by atoms with E-state index in [0.717, 1.165) is 18.7 Å². The number of ether oxygens (including phenoxy) is 1. The lowest BCUT2D eigenvalue weighted by molar-refractivity contribution is 0.124. The van der Waals surface area contributed by atoms with Gasteiger partial charge in [-0.05, 0) is 52.3 Å². The molecule has 1 unspecified atom stereocenters. The van der Waals surface area contributed by atoms with E-state index in [9.17, 15) is 0 Å². The number of aliphatic imine (C=N–C) groups is 1. The number of rotatable bonds is 6. The van der Waals surface area contributed by atoms with E-state index in [2.05, 4.69) is 27.1 Å². The van der Waals surface area contributed by atoms with Gasteiger partial charge in [-0.2, -0.15) is 0 Å². The number of hydrogen-bond donors (Lipinski definition) is 2. The topological polar surface area (TPSA) is 75.8 Å². The van der Waals surface area contributed by atoms with Crippen LogP contribution in [0.1, 0.15) is 46.1 Å². The highest BCUT2D eigenvalue weighted by Crippen LogP contribution is 2.16. The molecule has 2 rings (SSSR count). The standard InChI is InChI=1S/C18H31N5O/c1-5-23-10-6-7-15(23)13-22-17(19)21-12-14-8-9-16(20-11-14)24-18(2,3)4/h8-9,11,15H,5-7,10,12-13H2,1-4H3,(H3,19,21,22). The molecular weight excluding hydrogens is 302 g/mol. The van der Waals surface area contributed by atoms with Gasteiger partial charge in [-0.25, -0.2) is 9.98 Å². The largest absolute Gasteiger partial charge is 0.472 e. The van der Waals surface area contributed by atoms with E-state index < -0.39 is 0 Å². The zero-order valence-electron chi connectivity index (χ0n) is 15.4. The number of pyridine rings is 1. The van der Waals surface area contributed by atoms with Crippen molar-refractivity contribution < 1.29 is 4.74 Å². The molecule has 0 amide bonds. The Hall–Kier alpha value is -1.82. The number of aromatic nitrogens is 1. The van der Waals surface area contributed by atoms with Crippen molar-refractivity contribution in [2.75, 3.05) is 19.6 Å². The van der Waals surface area contributed by atoms with Crippen molar-refractivity contribution in [3.63, 3.8) is 0 Å². The van der Waals surface area contributed by atoms with Crippen LogP contribution >= 0.6 is 0 Å². The number of likely N-dealkylation sites (N-methyl/N-ethyl adjacent to an activating group) is 1. The molecular formula is C18H31N5O. The van der Waals surface area contributed by atoms with E-state index in [0.29, 0.717) is 24.4 Å². The molecule has 1 atom stereocenters. The molecule has 3 N–H and O–H groups in total. The first-order chi connectivity index (χ1) is 11.4. The van der Waals surface area contributed by atoms with E-state index in [4.69, 9.17) is 10.5 Å². The molecule has 2 heterocycles. The van der Waals surface area contributed by atoms with Gasteiger partial charge in [0.25, 0.3) is 0 Å². The first-order valence-electron chi connectivity index (χ1n) is 8.79. The van der Waals surface area contributed by atoms with Gasteiger partial charge < -0.3 is 15.8 Å². The molecule has 0 spiro atoms. The molecule has 1 aromatic heterocycles. The fraction of sp³-hybridized carbons (Fsp3) is 0.667. The third kappa shape index (κ3) is 6.00. The van der Waals surface area contributed by atoms with Crippen LogP contribution in [0.4, 0.5) is 0 Å². The van der Waals surface area contributed by atoms with Gasteiger partial charge >= 0.3 is 0 Å². The summed E-state index contributed by atoms with van der Waals surface area (Å²) in [7, 11) is 0. The summed E-state index contributed by atoms with van der Waals surface area (Å²) in [4.78, 5) is 11.2. The normalized spacial score (nSPS) is 19.5. The minimum absolute atomic E-state index is 0.242. The summed E-state index contributed by atoms with van der Waals surface area (Å²) < 4.78 is 5.71. The van der Waals surface area contributed by atoms with Crippen molar-refractivity contribution in [2.45, 2.75) is 58.7 Å². The van der Waals surface area contributed by atoms with Crippen molar-refractivity contribution in [3.05, 3.63) is 23.9 Å². The molecule has 0 radical (unpaired) electrons. The van der Waals surface area contributed by atoms with Crippen molar-refractivity contribution in [3.8, 4) is 5.88 Å². The Morgan fingerprint density at radius 3 is 2.88 bits per heavy atom. The zero-order valence-corrected chi connectivity index (χ0v) is 15.4. The van der Waals surface area contributed by atoms with Crippen LogP contribution in [0.2, 0.25) is 0 Å². The molecule has 6 heteroatoms. The van der Waals surface area contributed by atoms with Gasteiger partial charge in [-0.3, -0.25) is 4.90 Å². The van der Waals surface area contributed by atoms with E-state index in [1.165, 1.54) is 19.4 Å². The average Bonchev–Trinajstić information content (AvgIpc) is 2.98. The van der Waals surface area contributed by atoms with Crippen molar-refractivity contribution in [2.24, 2.45) is 10.7 Å². The highest BCUT2D eigenvalue weighted by atomic mass is 16.5. The molecule has 24 heavy (non-hydrogen) atoms. The number of nitrogens with zero attached hydrogens (tertiary/aromatic N) is 3. The maximum absolute atomic E-state index is 5.97. The molecule has 1 saturated heterocycles. The summed E-state index contributed by atoms with van der Waals surface area (Å²) in [5.74, 6) is 1.12. The van der Waals surface area contributed by atoms with Gasteiger partial charge in [0.1, 0.15) is 5.60 Å². The maximum atomic E-state index is 5.97. The van der Waals surface area contributed by atoms with Crippen LogP contribution in [0.15, 0.2) is 23.3 Å².